The van der Waals surface area contributed by atoms with Crippen LogP contribution in [0, 0.1) is 0 Å². The molecule has 0 aromatic carbocycles. The number of hydrogen-bond donors (Lipinski definition) is 2. The van der Waals surface area contributed by atoms with Crippen molar-refractivity contribution in [2.75, 3.05) is 0 Å². The van der Waals surface area contributed by atoms with Crippen LogP contribution >= 0.6 is 0 Å². The fraction of sp³-hybridized carbons (Fsp3) is 0.545. The SMILES string of the molecule is CCCC[C@H](N)C(=O)NCc1ccco1. The third-order valence-corrected chi connectivity index (χ3v) is 2.22. The minimum absolute atomic E-state index is 0.111. The predicted molar refractivity (Wildman–Crippen MR) is 58.1 cm³/mol. The number of unbranched alkanes of at least 4 members (excludes halogenated alkanes) is 1. The number of amides is 1. The van der Waals surface area contributed by atoms with Gasteiger partial charge in [-0.25, -0.2) is 0 Å². The monoisotopic (exact) mass is 210 g/mol. The first kappa shape index (κ1) is 11.8. The molecule has 1 amide bonds. The van der Waals surface area contributed by atoms with Crippen LogP contribution in [0.25, 0.3) is 0 Å². The fourth-order valence-electron chi connectivity index (χ4n) is 1.27. The summed E-state index contributed by atoms with van der Waals surface area (Å²) in [6, 6.07) is 3.20. The summed E-state index contributed by atoms with van der Waals surface area (Å²) in [4.78, 5) is 11.5. The molecule has 1 atom stereocenters. The highest BCUT2D eigenvalue weighted by molar-refractivity contribution is 5.81. The van der Waals surface area contributed by atoms with Gasteiger partial charge >= 0.3 is 0 Å². The summed E-state index contributed by atoms with van der Waals surface area (Å²) in [5, 5.41) is 2.74. The van der Waals surface area contributed by atoms with E-state index in [2.05, 4.69) is 12.2 Å². The van der Waals surface area contributed by atoms with E-state index in [1.54, 1.807) is 12.3 Å². The maximum atomic E-state index is 11.5. The van der Waals surface area contributed by atoms with Crippen molar-refractivity contribution in [3.63, 3.8) is 0 Å². The Morgan fingerprint density at radius 3 is 3.07 bits per heavy atom. The molecule has 0 radical (unpaired) electrons. The van der Waals surface area contributed by atoms with Gasteiger partial charge in [-0.05, 0) is 18.6 Å². The molecule has 1 aromatic heterocycles. The van der Waals surface area contributed by atoms with Gasteiger partial charge in [-0.3, -0.25) is 4.79 Å². The molecule has 0 unspecified atom stereocenters. The molecule has 0 aliphatic carbocycles. The van der Waals surface area contributed by atoms with Crippen LogP contribution in [0.15, 0.2) is 22.8 Å². The van der Waals surface area contributed by atoms with Gasteiger partial charge in [-0.2, -0.15) is 0 Å². The summed E-state index contributed by atoms with van der Waals surface area (Å²) in [6.07, 6.45) is 4.35. The standard InChI is InChI=1S/C11H18N2O2/c1-2-3-6-10(12)11(14)13-8-9-5-4-7-15-9/h4-5,7,10H,2-3,6,8,12H2,1H3,(H,13,14)/t10-/m0/s1. The molecule has 0 bridgehead atoms. The summed E-state index contributed by atoms with van der Waals surface area (Å²) >= 11 is 0. The van der Waals surface area contributed by atoms with Gasteiger partial charge in [0.05, 0.1) is 18.8 Å². The third kappa shape index (κ3) is 4.16. The van der Waals surface area contributed by atoms with Gasteiger partial charge < -0.3 is 15.5 Å². The van der Waals surface area contributed by atoms with Gasteiger partial charge in [0.2, 0.25) is 5.91 Å². The summed E-state index contributed by atoms with van der Waals surface area (Å²) in [5.41, 5.74) is 5.70. The lowest BCUT2D eigenvalue weighted by Crippen LogP contribution is -2.40. The Morgan fingerprint density at radius 1 is 1.67 bits per heavy atom. The van der Waals surface area contributed by atoms with E-state index >= 15 is 0 Å². The maximum Gasteiger partial charge on any atom is 0.237 e. The fourth-order valence-corrected chi connectivity index (χ4v) is 1.27. The predicted octanol–water partition coefficient (Wildman–Crippen LogP) is 1.41. The van der Waals surface area contributed by atoms with Gasteiger partial charge in [-0.15, -0.1) is 0 Å². The molecule has 0 aliphatic rings. The van der Waals surface area contributed by atoms with Crippen LogP contribution in [0.4, 0.5) is 0 Å². The van der Waals surface area contributed by atoms with Crippen molar-refractivity contribution in [2.24, 2.45) is 5.73 Å². The van der Waals surface area contributed by atoms with E-state index in [-0.39, 0.29) is 5.91 Å². The van der Waals surface area contributed by atoms with E-state index in [1.807, 2.05) is 6.07 Å². The Morgan fingerprint density at radius 2 is 2.47 bits per heavy atom. The zero-order valence-corrected chi connectivity index (χ0v) is 9.03. The number of hydrogen-bond acceptors (Lipinski definition) is 3. The van der Waals surface area contributed by atoms with Crippen LogP contribution in [-0.4, -0.2) is 11.9 Å². The van der Waals surface area contributed by atoms with E-state index in [4.69, 9.17) is 10.2 Å². The maximum absolute atomic E-state index is 11.5. The molecule has 0 spiro atoms. The van der Waals surface area contributed by atoms with Crippen LogP contribution in [0.1, 0.15) is 31.9 Å². The summed E-state index contributed by atoms with van der Waals surface area (Å²) < 4.78 is 5.09. The molecule has 15 heavy (non-hydrogen) atoms. The smallest absolute Gasteiger partial charge is 0.237 e. The molecular weight excluding hydrogens is 192 g/mol. The van der Waals surface area contributed by atoms with Gasteiger partial charge in [0.1, 0.15) is 5.76 Å². The first-order valence-electron chi connectivity index (χ1n) is 5.29. The summed E-state index contributed by atoms with van der Waals surface area (Å²) in [7, 11) is 0. The first-order chi connectivity index (χ1) is 7.24. The highest BCUT2D eigenvalue weighted by Gasteiger charge is 2.12. The molecule has 1 rings (SSSR count). The van der Waals surface area contributed by atoms with Crippen molar-refractivity contribution >= 4 is 5.91 Å². The van der Waals surface area contributed by atoms with Crippen molar-refractivity contribution in [3.8, 4) is 0 Å². The van der Waals surface area contributed by atoms with Crippen LogP contribution in [0.3, 0.4) is 0 Å². The first-order valence-corrected chi connectivity index (χ1v) is 5.29. The molecule has 0 saturated carbocycles. The second kappa shape index (κ2) is 6.24. The number of carbonyl (C=O) groups is 1. The lowest BCUT2D eigenvalue weighted by molar-refractivity contribution is -0.122. The number of nitrogens with two attached hydrogens (primary N) is 1. The normalized spacial score (nSPS) is 12.4. The number of nitrogens with one attached hydrogen (secondary N) is 1. The minimum atomic E-state index is -0.403. The zero-order valence-electron chi connectivity index (χ0n) is 9.03. The van der Waals surface area contributed by atoms with Crippen LogP contribution in [0.2, 0.25) is 0 Å². The van der Waals surface area contributed by atoms with Crippen molar-refractivity contribution in [1.29, 1.82) is 0 Å². The van der Waals surface area contributed by atoms with Crippen molar-refractivity contribution in [3.05, 3.63) is 24.2 Å². The highest BCUT2D eigenvalue weighted by atomic mass is 16.3. The molecule has 84 valence electrons. The second-order valence-electron chi connectivity index (χ2n) is 3.55. The van der Waals surface area contributed by atoms with E-state index < -0.39 is 6.04 Å². The molecule has 0 aliphatic heterocycles. The topological polar surface area (TPSA) is 68.3 Å². The Hall–Kier alpha value is -1.29. The summed E-state index contributed by atoms with van der Waals surface area (Å²) in [6.45, 7) is 2.49. The Labute approximate surface area is 89.8 Å². The molecule has 4 heteroatoms. The van der Waals surface area contributed by atoms with Crippen molar-refractivity contribution in [1.82, 2.24) is 5.32 Å². The Balaban J connectivity index is 2.23. The van der Waals surface area contributed by atoms with Gasteiger partial charge in [0, 0.05) is 0 Å². The van der Waals surface area contributed by atoms with Crippen molar-refractivity contribution in [2.45, 2.75) is 38.8 Å². The molecule has 4 nitrogen and oxygen atoms in total. The van der Waals surface area contributed by atoms with E-state index in [1.165, 1.54) is 0 Å². The molecule has 0 fully saturated rings. The van der Waals surface area contributed by atoms with E-state index in [0.29, 0.717) is 6.54 Å². The van der Waals surface area contributed by atoms with Gasteiger partial charge in [0.15, 0.2) is 0 Å². The van der Waals surface area contributed by atoms with Gasteiger partial charge in [0.25, 0.3) is 0 Å². The van der Waals surface area contributed by atoms with Crippen LogP contribution in [-0.2, 0) is 11.3 Å². The molecule has 0 saturated heterocycles. The molecule has 3 N–H and O–H groups in total. The number of carbonyl (C=O) groups excluding carboxylic acids is 1. The van der Waals surface area contributed by atoms with E-state index in [0.717, 1.165) is 25.0 Å². The lowest BCUT2D eigenvalue weighted by Gasteiger charge is -2.10. The lowest BCUT2D eigenvalue weighted by atomic mass is 10.1. The Kier molecular flexibility index (Phi) is 4.90. The Bertz CT molecular complexity index is 283. The average molecular weight is 210 g/mol. The second-order valence-corrected chi connectivity index (χ2v) is 3.55. The van der Waals surface area contributed by atoms with Crippen molar-refractivity contribution < 1.29 is 9.21 Å². The van der Waals surface area contributed by atoms with E-state index in [9.17, 15) is 4.79 Å². The van der Waals surface area contributed by atoms with Crippen LogP contribution < -0.4 is 11.1 Å². The largest absolute Gasteiger partial charge is 0.467 e. The number of rotatable bonds is 6. The van der Waals surface area contributed by atoms with Gasteiger partial charge in [-0.1, -0.05) is 19.8 Å². The third-order valence-electron chi connectivity index (χ3n) is 2.22. The zero-order chi connectivity index (χ0) is 11.1. The molecular formula is C11H18N2O2. The quantitative estimate of drug-likeness (QED) is 0.746. The van der Waals surface area contributed by atoms with Crippen LogP contribution in [0.5, 0.6) is 0 Å². The summed E-state index contributed by atoms with van der Waals surface area (Å²) in [5.74, 6) is 0.630. The average Bonchev–Trinajstić information content (AvgIpc) is 2.75. The molecule has 1 aromatic rings. The molecule has 1 heterocycles. The number of furan rings is 1. The highest BCUT2D eigenvalue weighted by Crippen LogP contribution is 2.01. The minimum Gasteiger partial charge on any atom is -0.467 e.